The first kappa shape index (κ1) is 29.9. The SMILES string of the molecule is CC[C@H](C(=O)NC(C)C)N(Cc1cccc(C)c1)C(=O)CN(c1ccc(C)cc1)S(=O)(=O)c1ccc(C)cc1. The fourth-order valence-corrected chi connectivity index (χ4v) is 5.80. The second-order valence-electron chi connectivity index (χ2n) is 10.3. The van der Waals surface area contributed by atoms with Gasteiger partial charge in [0.15, 0.2) is 0 Å². The van der Waals surface area contributed by atoms with Crippen molar-refractivity contribution in [3.63, 3.8) is 0 Å². The van der Waals surface area contributed by atoms with Crippen LogP contribution in [-0.2, 0) is 26.2 Å². The number of anilines is 1. The monoisotopic (exact) mass is 549 g/mol. The van der Waals surface area contributed by atoms with Crippen LogP contribution in [0.3, 0.4) is 0 Å². The van der Waals surface area contributed by atoms with Crippen molar-refractivity contribution < 1.29 is 18.0 Å². The molecule has 0 heterocycles. The zero-order valence-electron chi connectivity index (χ0n) is 23.6. The molecular formula is C31H39N3O4S. The molecule has 8 heteroatoms. The Hall–Kier alpha value is -3.65. The summed E-state index contributed by atoms with van der Waals surface area (Å²) in [5.41, 5.74) is 4.17. The van der Waals surface area contributed by atoms with Crippen LogP contribution >= 0.6 is 0 Å². The minimum Gasteiger partial charge on any atom is -0.352 e. The summed E-state index contributed by atoms with van der Waals surface area (Å²) in [5.74, 6) is -0.727. The maximum Gasteiger partial charge on any atom is 0.264 e. The van der Waals surface area contributed by atoms with Gasteiger partial charge in [0, 0.05) is 12.6 Å². The standard InChI is InChI=1S/C31H39N3O4S/c1-7-29(31(36)32-22(2)3)33(20-26-10-8-9-25(6)19-26)30(35)21-34(27-15-11-23(4)12-16-27)39(37,38)28-17-13-24(5)14-18-28/h8-19,22,29H,7,20-21H2,1-6H3,(H,32,36)/t29-/m1/s1. The predicted molar refractivity (Wildman–Crippen MR) is 156 cm³/mol. The first-order chi connectivity index (χ1) is 18.4. The summed E-state index contributed by atoms with van der Waals surface area (Å²) in [6.45, 7) is 11.1. The third-order valence-corrected chi connectivity index (χ3v) is 8.25. The topological polar surface area (TPSA) is 86.8 Å². The molecule has 0 radical (unpaired) electrons. The number of benzene rings is 3. The Balaban J connectivity index is 2.06. The van der Waals surface area contributed by atoms with Crippen LogP contribution in [0.2, 0.25) is 0 Å². The fourth-order valence-electron chi connectivity index (χ4n) is 4.38. The highest BCUT2D eigenvalue weighted by atomic mass is 32.2. The average molecular weight is 550 g/mol. The van der Waals surface area contributed by atoms with Crippen molar-refractivity contribution in [3.8, 4) is 0 Å². The van der Waals surface area contributed by atoms with E-state index in [1.54, 1.807) is 36.4 Å². The number of carbonyl (C=O) groups excluding carboxylic acids is 2. The number of rotatable bonds is 11. The Morgan fingerprint density at radius 3 is 1.97 bits per heavy atom. The van der Waals surface area contributed by atoms with Gasteiger partial charge >= 0.3 is 0 Å². The smallest absolute Gasteiger partial charge is 0.264 e. The minimum absolute atomic E-state index is 0.0938. The van der Waals surface area contributed by atoms with Gasteiger partial charge in [0.1, 0.15) is 12.6 Å². The number of hydrogen-bond donors (Lipinski definition) is 1. The highest BCUT2D eigenvalue weighted by Crippen LogP contribution is 2.25. The van der Waals surface area contributed by atoms with E-state index < -0.39 is 28.5 Å². The number of nitrogens with one attached hydrogen (secondary N) is 1. The third kappa shape index (κ3) is 7.69. The molecule has 0 bridgehead atoms. The molecule has 3 aromatic rings. The van der Waals surface area contributed by atoms with Gasteiger partial charge in [-0.3, -0.25) is 13.9 Å². The van der Waals surface area contributed by atoms with E-state index in [-0.39, 0.29) is 23.4 Å². The Morgan fingerprint density at radius 2 is 1.44 bits per heavy atom. The molecule has 7 nitrogen and oxygen atoms in total. The summed E-state index contributed by atoms with van der Waals surface area (Å²) in [4.78, 5) is 28.8. The second-order valence-corrected chi connectivity index (χ2v) is 12.1. The number of amides is 2. The molecule has 3 rings (SSSR count). The van der Waals surface area contributed by atoms with Gasteiger partial charge in [-0.2, -0.15) is 0 Å². The largest absolute Gasteiger partial charge is 0.352 e. The van der Waals surface area contributed by atoms with E-state index >= 15 is 0 Å². The van der Waals surface area contributed by atoms with Crippen molar-refractivity contribution in [1.29, 1.82) is 0 Å². The Labute approximate surface area is 232 Å². The van der Waals surface area contributed by atoms with E-state index in [1.807, 2.05) is 77.9 Å². The van der Waals surface area contributed by atoms with Crippen LogP contribution in [0.4, 0.5) is 5.69 Å². The molecule has 0 unspecified atom stereocenters. The lowest BCUT2D eigenvalue weighted by Crippen LogP contribution is -2.53. The zero-order valence-corrected chi connectivity index (χ0v) is 24.5. The molecule has 1 atom stereocenters. The van der Waals surface area contributed by atoms with Crippen molar-refractivity contribution in [3.05, 3.63) is 95.1 Å². The summed E-state index contributed by atoms with van der Waals surface area (Å²) in [6, 6.07) is 20.5. The lowest BCUT2D eigenvalue weighted by atomic mass is 10.1. The lowest BCUT2D eigenvalue weighted by Gasteiger charge is -2.33. The quantitative estimate of drug-likeness (QED) is 0.359. The van der Waals surface area contributed by atoms with Crippen LogP contribution in [0.5, 0.6) is 0 Å². The van der Waals surface area contributed by atoms with Crippen LogP contribution < -0.4 is 9.62 Å². The van der Waals surface area contributed by atoms with Crippen molar-refractivity contribution in [2.75, 3.05) is 10.8 Å². The summed E-state index contributed by atoms with van der Waals surface area (Å²) < 4.78 is 28.9. The van der Waals surface area contributed by atoms with Gasteiger partial charge in [-0.1, -0.05) is 72.1 Å². The summed E-state index contributed by atoms with van der Waals surface area (Å²) in [6.07, 6.45) is 0.380. The second kappa shape index (κ2) is 12.9. The first-order valence-corrected chi connectivity index (χ1v) is 14.7. The van der Waals surface area contributed by atoms with E-state index in [2.05, 4.69) is 5.32 Å². The molecule has 39 heavy (non-hydrogen) atoms. The van der Waals surface area contributed by atoms with Crippen molar-refractivity contribution in [2.45, 2.75) is 71.5 Å². The van der Waals surface area contributed by atoms with Crippen LogP contribution in [-0.4, -0.2) is 43.8 Å². The van der Waals surface area contributed by atoms with Gasteiger partial charge in [-0.05, 0) is 70.9 Å². The van der Waals surface area contributed by atoms with Gasteiger partial charge in [-0.25, -0.2) is 8.42 Å². The molecule has 0 saturated carbocycles. The molecule has 0 saturated heterocycles. The van der Waals surface area contributed by atoms with Crippen molar-refractivity contribution in [2.24, 2.45) is 0 Å². The highest BCUT2D eigenvalue weighted by Gasteiger charge is 2.33. The van der Waals surface area contributed by atoms with Crippen molar-refractivity contribution >= 4 is 27.5 Å². The highest BCUT2D eigenvalue weighted by molar-refractivity contribution is 7.92. The number of sulfonamides is 1. The number of hydrogen-bond acceptors (Lipinski definition) is 4. The molecule has 0 spiro atoms. The third-order valence-electron chi connectivity index (χ3n) is 6.46. The molecule has 2 amide bonds. The van der Waals surface area contributed by atoms with E-state index in [0.717, 1.165) is 26.6 Å². The van der Waals surface area contributed by atoms with Crippen LogP contribution in [0.25, 0.3) is 0 Å². The molecule has 0 fully saturated rings. The minimum atomic E-state index is -4.08. The van der Waals surface area contributed by atoms with Crippen LogP contribution in [0, 0.1) is 20.8 Å². The molecule has 208 valence electrons. The van der Waals surface area contributed by atoms with Gasteiger partial charge in [0.05, 0.1) is 10.6 Å². The van der Waals surface area contributed by atoms with E-state index in [9.17, 15) is 18.0 Å². The molecule has 0 aliphatic heterocycles. The maximum atomic E-state index is 14.0. The number of carbonyl (C=O) groups is 2. The summed E-state index contributed by atoms with van der Waals surface area (Å²) in [7, 11) is -4.08. The van der Waals surface area contributed by atoms with Gasteiger partial charge in [0.2, 0.25) is 11.8 Å². The Kier molecular flexibility index (Phi) is 9.92. The normalized spacial score (nSPS) is 12.2. The molecule has 0 aliphatic rings. The Bertz CT molecular complexity index is 1380. The van der Waals surface area contributed by atoms with Gasteiger partial charge in [0.25, 0.3) is 10.0 Å². The van der Waals surface area contributed by atoms with Crippen molar-refractivity contribution in [1.82, 2.24) is 10.2 Å². The molecule has 3 aromatic carbocycles. The average Bonchev–Trinajstić information content (AvgIpc) is 2.87. The van der Waals surface area contributed by atoms with Gasteiger partial charge in [-0.15, -0.1) is 0 Å². The summed E-state index contributed by atoms with van der Waals surface area (Å²) in [5, 5.41) is 2.91. The van der Waals surface area contributed by atoms with E-state index in [1.165, 1.54) is 4.90 Å². The number of aryl methyl sites for hydroxylation is 3. The lowest BCUT2D eigenvalue weighted by molar-refractivity contribution is -0.140. The molecule has 0 aromatic heterocycles. The predicted octanol–water partition coefficient (Wildman–Crippen LogP) is 5.14. The molecule has 1 N–H and O–H groups in total. The summed E-state index contributed by atoms with van der Waals surface area (Å²) >= 11 is 0. The van der Waals surface area contributed by atoms with Gasteiger partial charge < -0.3 is 10.2 Å². The molecular weight excluding hydrogens is 510 g/mol. The zero-order chi connectivity index (χ0) is 28.7. The van der Waals surface area contributed by atoms with E-state index in [4.69, 9.17) is 0 Å². The number of nitrogens with zero attached hydrogens (tertiary/aromatic N) is 2. The van der Waals surface area contributed by atoms with Crippen LogP contribution in [0.15, 0.2) is 77.7 Å². The Morgan fingerprint density at radius 1 is 0.846 bits per heavy atom. The fraction of sp³-hybridized carbons (Fsp3) is 0.355. The maximum absolute atomic E-state index is 14.0. The van der Waals surface area contributed by atoms with Crippen LogP contribution in [0.1, 0.15) is 49.4 Å². The van der Waals surface area contributed by atoms with E-state index in [0.29, 0.717) is 12.1 Å². The first-order valence-electron chi connectivity index (χ1n) is 13.2. The molecule has 0 aliphatic carbocycles.